The van der Waals surface area contributed by atoms with Gasteiger partial charge in [-0.25, -0.2) is 0 Å². The minimum Gasteiger partial charge on any atom is -0.374 e. The summed E-state index contributed by atoms with van der Waals surface area (Å²) in [5.74, 6) is -0.0595. The van der Waals surface area contributed by atoms with E-state index < -0.39 is 0 Å². The van der Waals surface area contributed by atoms with Crippen LogP contribution in [0, 0.1) is 13.8 Å². The Kier molecular flexibility index (Phi) is 4.61. The second kappa shape index (κ2) is 6.23. The largest absolute Gasteiger partial charge is 0.374 e. The summed E-state index contributed by atoms with van der Waals surface area (Å²) in [7, 11) is 0. The molecule has 0 radical (unpaired) electrons. The number of anilines is 2. The number of carbonyl (C=O) groups excluding carboxylic acids is 1. The number of rotatable bonds is 4. The van der Waals surface area contributed by atoms with Gasteiger partial charge in [0.2, 0.25) is 11.0 Å². The van der Waals surface area contributed by atoms with E-state index in [0.29, 0.717) is 9.47 Å². The zero-order valence-corrected chi connectivity index (χ0v) is 13.1. The van der Waals surface area contributed by atoms with Gasteiger partial charge in [-0.1, -0.05) is 40.8 Å². The van der Waals surface area contributed by atoms with E-state index >= 15 is 0 Å². The van der Waals surface area contributed by atoms with Gasteiger partial charge in [-0.15, -0.1) is 10.2 Å². The van der Waals surface area contributed by atoms with Crippen molar-refractivity contribution in [3.8, 4) is 0 Å². The Balaban J connectivity index is 2.00. The van der Waals surface area contributed by atoms with Crippen LogP contribution in [0.1, 0.15) is 18.1 Å². The molecule has 5 nitrogen and oxygen atoms in total. The standard InChI is InChI=1S/C13H16N4OS2/c1-7-4-5-10(8(2)6-7)15-11(18)9(3)19-13-17-16-12(14)20-13/h4-6,9H,1-3H3,(H2,14,16)(H,15,18)/t9-/m0/s1. The van der Waals surface area contributed by atoms with Gasteiger partial charge >= 0.3 is 0 Å². The summed E-state index contributed by atoms with van der Waals surface area (Å²) < 4.78 is 0.700. The van der Waals surface area contributed by atoms with E-state index in [1.807, 2.05) is 39.0 Å². The first-order valence-electron chi connectivity index (χ1n) is 6.09. The number of thioether (sulfide) groups is 1. The molecular formula is C13H16N4OS2. The summed E-state index contributed by atoms with van der Waals surface area (Å²) in [6.07, 6.45) is 0. The second-order valence-electron chi connectivity index (χ2n) is 4.47. The van der Waals surface area contributed by atoms with E-state index in [4.69, 9.17) is 5.73 Å². The molecule has 0 fully saturated rings. The molecule has 2 aromatic rings. The molecule has 106 valence electrons. The Morgan fingerprint density at radius 2 is 2.15 bits per heavy atom. The van der Waals surface area contributed by atoms with Crippen molar-refractivity contribution in [3.05, 3.63) is 29.3 Å². The molecule has 0 aliphatic rings. The minimum absolute atomic E-state index is 0.0595. The van der Waals surface area contributed by atoms with Crippen LogP contribution in [0.3, 0.4) is 0 Å². The highest BCUT2D eigenvalue weighted by Gasteiger charge is 2.17. The van der Waals surface area contributed by atoms with Gasteiger partial charge in [-0.3, -0.25) is 4.79 Å². The number of amides is 1. The topological polar surface area (TPSA) is 80.9 Å². The number of aromatic nitrogens is 2. The average Bonchev–Trinajstić information content (AvgIpc) is 2.78. The first kappa shape index (κ1) is 14.8. The normalized spacial score (nSPS) is 12.2. The molecule has 20 heavy (non-hydrogen) atoms. The quantitative estimate of drug-likeness (QED) is 0.849. The van der Waals surface area contributed by atoms with E-state index in [9.17, 15) is 4.79 Å². The summed E-state index contributed by atoms with van der Waals surface area (Å²) >= 11 is 2.64. The third-order valence-electron chi connectivity index (χ3n) is 2.71. The molecule has 1 atom stereocenters. The summed E-state index contributed by atoms with van der Waals surface area (Å²) in [5.41, 5.74) is 8.58. The Morgan fingerprint density at radius 1 is 1.40 bits per heavy atom. The van der Waals surface area contributed by atoms with Crippen LogP contribution in [0.4, 0.5) is 10.8 Å². The Hall–Kier alpha value is -1.60. The fourth-order valence-electron chi connectivity index (χ4n) is 1.66. The fourth-order valence-corrected chi connectivity index (χ4v) is 3.44. The summed E-state index contributed by atoms with van der Waals surface area (Å²) in [6.45, 7) is 5.84. The Morgan fingerprint density at radius 3 is 2.75 bits per heavy atom. The number of nitrogens with zero attached hydrogens (tertiary/aromatic N) is 2. The average molecular weight is 308 g/mol. The van der Waals surface area contributed by atoms with Crippen LogP contribution in [-0.2, 0) is 4.79 Å². The van der Waals surface area contributed by atoms with E-state index in [1.165, 1.54) is 28.7 Å². The van der Waals surface area contributed by atoms with Crippen LogP contribution >= 0.6 is 23.1 Å². The highest BCUT2D eigenvalue weighted by Crippen LogP contribution is 2.28. The summed E-state index contributed by atoms with van der Waals surface area (Å²) in [5, 5.41) is 10.7. The van der Waals surface area contributed by atoms with E-state index in [0.717, 1.165) is 11.3 Å². The Bertz CT molecular complexity index is 627. The third-order valence-corrected chi connectivity index (χ3v) is 4.65. The van der Waals surface area contributed by atoms with Crippen molar-refractivity contribution in [3.63, 3.8) is 0 Å². The van der Waals surface area contributed by atoms with Gasteiger partial charge in [-0.05, 0) is 32.4 Å². The van der Waals surface area contributed by atoms with Crippen molar-refractivity contribution in [2.75, 3.05) is 11.1 Å². The van der Waals surface area contributed by atoms with Crippen LogP contribution < -0.4 is 11.1 Å². The first-order chi connectivity index (χ1) is 9.45. The second-order valence-corrected chi connectivity index (χ2v) is 7.07. The molecule has 0 bridgehead atoms. The molecule has 1 amide bonds. The van der Waals surface area contributed by atoms with Crippen LogP contribution in [-0.4, -0.2) is 21.4 Å². The number of nitrogens with one attached hydrogen (secondary N) is 1. The number of aryl methyl sites for hydroxylation is 2. The molecule has 1 aromatic heterocycles. The highest BCUT2D eigenvalue weighted by atomic mass is 32.2. The maximum atomic E-state index is 12.2. The van der Waals surface area contributed by atoms with Gasteiger partial charge < -0.3 is 11.1 Å². The molecule has 0 unspecified atom stereocenters. The first-order valence-corrected chi connectivity index (χ1v) is 7.79. The zero-order chi connectivity index (χ0) is 14.7. The molecule has 2 rings (SSSR count). The lowest BCUT2D eigenvalue weighted by molar-refractivity contribution is -0.115. The zero-order valence-electron chi connectivity index (χ0n) is 11.5. The number of nitrogen functional groups attached to an aromatic ring is 1. The molecule has 0 saturated heterocycles. The molecule has 7 heteroatoms. The fraction of sp³-hybridized carbons (Fsp3) is 0.308. The van der Waals surface area contributed by atoms with Crippen molar-refractivity contribution in [1.29, 1.82) is 0 Å². The van der Waals surface area contributed by atoms with Crippen LogP contribution in [0.25, 0.3) is 0 Å². The maximum absolute atomic E-state index is 12.2. The van der Waals surface area contributed by atoms with Crippen molar-refractivity contribution in [1.82, 2.24) is 10.2 Å². The lowest BCUT2D eigenvalue weighted by atomic mass is 10.1. The molecule has 3 N–H and O–H groups in total. The highest BCUT2D eigenvalue weighted by molar-refractivity contribution is 8.02. The summed E-state index contributed by atoms with van der Waals surface area (Å²) in [6, 6.07) is 5.94. The number of hydrogen-bond acceptors (Lipinski definition) is 6. The predicted octanol–water partition coefficient (Wildman–Crippen LogP) is 2.86. The molecule has 0 aliphatic heterocycles. The maximum Gasteiger partial charge on any atom is 0.237 e. The predicted molar refractivity (Wildman–Crippen MR) is 84.2 cm³/mol. The SMILES string of the molecule is Cc1ccc(NC(=O)[C@H](C)Sc2nnc(N)s2)c(C)c1. The van der Waals surface area contributed by atoms with Crippen LogP contribution in [0.2, 0.25) is 0 Å². The third kappa shape index (κ3) is 3.71. The van der Waals surface area contributed by atoms with Gasteiger partial charge in [-0.2, -0.15) is 0 Å². The molecule has 0 saturated carbocycles. The van der Waals surface area contributed by atoms with Gasteiger partial charge in [0.1, 0.15) is 0 Å². The lowest BCUT2D eigenvalue weighted by Gasteiger charge is -2.12. The number of carbonyl (C=O) groups is 1. The smallest absolute Gasteiger partial charge is 0.237 e. The van der Waals surface area contributed by atoms with Crippen LogP contribution in [0.5, 0.6) is 0 Å². The van der Waals surface area contributed by atoms with E-state index in [2.05, 4.69) is 15.5 Å². The van der Waals surface area contributed by atoms with E-state index in [-0.39, 0.29) is 11.2 Å². The van der Waals surface area contributed by atoms with Crippen LogP contribution in [0.15, 0.2) is 22.5 Å². The molecule has 1 heterocycles. The van der Waals surface area contributed by atoms with Crippen molar-refractivity contribution in [2.24, 2.45) is 0 Å². The number of nitrogens with two attached hydrogens (primary N) is 1. The lowest BCUT2D eigenvalue weighted by Crippen LogP contribution is -2.22. The molecular weight excluding hydrogens is 292 g/mol. The van der Waals surface area contributed by atoms with Gasteiger partial charge in [0, 0.05) is 5.69 Å². The van der Waals surface area contributed by atoms with Gasteiger partial charge in [0.25, 0.3) is 0 Å². The monoisotopic (exact) mass is 308 g/mol. The van der Waals surface area contributed by atoms with Crippen molar-refractivity contribution >= 4 is 39.8 Å². The Labute approximate surface area is 126 Å². The summed E-state index contributed by atoms with van der Waals surface area (Å²) in [4.78, 5) is 12.2. The molecule has 0 aliphatic carbocycles. The molecule has 1 aromatic carbocycles. The van der Waals surface area contributed by atoms with E-state index in [1.54, 1.807) is 0 Å². The van der Waals surface area contributed by atoms with Crippen molar-refractivity contribution in [2.45, 2.75) is 30.4 Å². The minimum atomic E-state index is -0.261. The number of benzene rings is 1. The van der Waals surface area contributed by atoms with Crippen molar-refractivity contribution < 1.29 is 4.79 Å². The van der Waals surface area contributed by atoms with Gasteiger partial charge in [0.15, 0.2) is 4.34 Å². The van der Waals surface area contributed by atoms with Gasteiger partial charge in [0.05, 0.1) is 5.25 Å². The molecule has 0 spiro atoms. The number of hydrogen-bond donors (Lipinski definition) is 2.